The summed E-state index contributed by atoms with van der Waals surface area (Å²) in [5.74, 6) is 0.181. The van der Waals surface area contributed by atoms with Crippen molar-refractivity contribution in [1.82, 2.24) is 14.5 Å². The van der Waals surface area contributed by atoms with Crippen LogP contribution in [0, 0.1) is 0 Å². The molecule has 0 unspecified atom stereocenters. The van der Waals surface area contributed by atoms with Gasteiger partial charge in [0, 0.05) is 37.1 Å². The fraction of sp³-hybridized carbons (Fsp3) is 0.364. The van der Waals surface area contributed by atoms with Gasteiger partial charge in [0.2, 0.25) is 0 Å². The smallest absolute Gasteiger partial charge is 0.418 e. The van der Waals surface area contributed by atoms with Gasteiger partial charge in [0.15, 0.2) is 9.84 Å². The third-order valence-corrected chi connectivity index (χ3v) is 7.08. The number of likely N-dealkylation sites (tertiary alicyclic amines) is 1. The summed E-state index contributed by atoms with van der Waals surface area (Å²) in [4.78, 5) is 16.5. The summed E-state index contributed by atoms with van der Waals surface area (Å²) in [6, 6.07) is 7.01. The van der Waals surface area contributed by atoms with E-state index in [0.29, 0.717) is 37.7 Å². The highest BCUT2D eigenvalue weighted by atomic mass is 32.2. The number of carboxylic acid groups (broad SMARTS) is 1. The van der Waals surface area contributed by atoms with Crippen LogP contribution in [0.1, 0.15) is 35.6 Å². The van der Waals surface area contributed by atoms with E-state index in [4.69, 9.17) is 5.11 Å². The van der Waals surface area contributed by atoms with E-state index in [2.05, 4.69) is 4.98 Å². The van der Waals surface area contributed by atoms with Gasteiger partial charge in [0.05, 0.1) is 28.2 Å². The third kappa shape index (κ3) is 4.82. The van der Waals surface area contributed by atoms with Crippen LogP contribution in [0.2, 0.25) is 0 Å². The number of rotatable bonds is 4. The highest BCUT2D eigenvalue weighted by Gasteiger charge is 2.35. The van der Waals surface area contributed by atoms with Crippen LogP contribution in [0.4, 0.5) is 18.0 Å². The van der Waals surface area contributed by atoms with Crippen LogP contribution in [0.3, 0.4) is 0 Å². The van der Waals surface area contributed by atoms with Gasteiger partial charge in [-0.2, -0.15) is 13.2 Å². The number of fused-ring (bicyclic) bond motifs is 1. The topological polar surface area (TPSA) is 92.5 Å². The minimum Gasteiger partial charge on any atom is -0.465 e. The lowest BCUT2D eigenvalue weighted by molar-refractivity contribution is -0.136. The highest BCUT2D eigenvalue weighted by Crippen LogP contribution is 2.37. The zero-order valence-corrected chi connectivity index (χ0v) is 18.5. The molecule has 1 saturated heterocycles. The van der Waals surface area contributed by atoms with Crippen molar-refractivity contribution in [3.63, 3.8) is 0 Å². The predicted octanol–water partition coefficient (Wildman–Crippen LogP) is 4.36. The molecule has 0 spiro atoms. The molecule has 4 rings (SSSR count). The molecular weight excluding hydrogens is 459 g/mol. The number of benzene rings is 1. The van der Waals surface area contributed by atoms with Gasteiger partial charge in [0.25, 0.3) is 0 Å². The maximum absolute atomic E-state index is 13.8. The summed E-state index contributed by atoms with van der Waals surface area (Å²) in [7, 11) is -3.81. The van der Waals surface area contributed by atoms with Gasteiger partial charge in [-0.1, -0.05) is 6.07 Å². The number of nitrogens with zero attached hydrogens (tertiary/aromatic N) is 3. The zero-order valence-electron chi connectivity index (χ0n) is 17.7. The monoisotopic (exact) mass is 481 g/mol. The average Bonchev–Trinajstić information content (AvgIpc) is 3.15. The Morgan fingerprint density at radius 2 is 1.88 bits per heavy atom. The first kappa shape index (κ1) is 23.1. The fourth-order valence-electron chi connectivity index (χ4n) is 4.23. The van der Waals surface area contributed by atoms with Crippen LogP contribution >= 0.6 is 0 Å². The second-order valence-electron chi connectivity index (χ2n) is 8.25. The Morgan fingerprint density at radius 3 is 2.42 bits per heavy atom. The van der Waals surface area contributed by atoms with E-state index >= 15 is 0 Å². The summed E-state index contributed by atoms with van der Waals surface area (Å²) in [5, 5.41) is 9.25. The van der Waals surface area contributed by atoms with Crippen molar-refractivity contribution in [2.75, 3.05) is 19.3 Å². The van der Waals surface area contributed by atoms with Gasteiger partial charge < -0.3 is 14.6 Å². The van der Waals surface area contributed by atoms with Crippen LogP contribution < -0.4 is 0 Å². The number of amides is 1. The van der Waals surface area contributed by atoms with Crippen LogP contribution in [-0.2, 0) is 22.6 Å². The molecule has 1 aliphatic heterocycles. The molecule has 11 heteroatoms. The number of hydrogen-bond acceptors (Lipinski definition) is 4. The normalized spacial score (nSPS) is 15.8. The molecule has 2 aromatic heterocycles. The van der Waals surface area contributed by atoms with Crippen molar-refractivity contribution in [1.29, 1.82) is 0 Å². The second-order valence-corrected chi connectivity index (χ2v) is 10.3. The lowest BCUT2D eigenvalue weighted by Gasteiger charge is -2.30. The molecule has 1 aliphatic rings. The van der Waals surface area contributed by atoms with E-state index < -0.39 is 27.7 Å². The minimum atomic E-state index is -4.73. The van der Waals surface area contributed by atoms with E-state index in [1.54, 1.807) is 12.3 Å². The fourth-order valence-corrected chi connectivity index (χ4v) is 4.91. The van der Waals surface area contributed by atoms with Crippen molar-refractivity contribution in [3.05, 3.63) is 59.5 Å². The molecule has 33 heavy (non-hydrogen) atoms. The Balaban J connectivity index is 1.60. The summed E-state index contributed by atoms with van der Waals surface area (Å²) < 4.78 is 66.4. The third-order valence-electron chi connectivity index (χ3n) is 5.98. The van der Waals surface area contributed by atoms with E-state index in [-0.39, 0.29) is 28.3 Å². The number of piperidine rings is 1. The van der Waals surface area contributed by atoms with Gasteiger partial charge >= 0.3 is 12.3 Å². The molecule has 0 bridgehead atoms. The SMILES string of the molecule is CS(=O)(=O)c1cc(C(F)(F)F)c2c(ccn2Cc2ccc(C3CCN(C(=O)O)CC3)cn2)c1. The van der Waals surface area contributed by atoms with Crippen LogP contribution in [0.15, 0.2) is 47.6 Å². The quantitative estimate of drug-likeness (QED) is 0.598. The standard InChI is InChI=1S/C22H22F3N3O4S/c1-33(31,32)18-10-15-6-9-28(20(15)19(11-18)22(23,24)25)13-17-3-2-16(12-26-17)14-4-7-27(8-5-14)21(29)30/h2-3,6,9-12,14H,4-5,7-8,13H2,1H3,(H,29,30). The van der Waals surface area contributed by atoms with Crippen molar-refractivity contribution >= 4 is 26.8 Å². The molecule has 1 aromatic carbocycles. The number of pyridine rings is 1. The number of alkyl halides is 3. The van der Waals surface area contributed by atoms with Crippen LogP contribution in [0.5, 0.6) is 0 Å². The van der Waals surface area contributed by atoms with Gasteiger partial charge in [-0.3, -0.25) is 4.98 Å². The molecule has 0 aliphatic carbocycles. The number of halogens is 3. The van der Waals surface area contributed by atoms with Crippen LogP contribution in [-0.4, -0.2) is 53.4 Å². The molecule has 0 atom stereocenters. The Hall–Kier alpha value is -3.08. The maximum atomic E-state index is 13.8. The Labute approximate surface area is 188 Å². The van der Waals surface area contributed by atoms with Crippen molar-refractivity contribution in [2.45, 2.75) is 36.4 Å². The summed E-state index contributed by atoms with van der Waals surface area (Å²) in [6.45, 7) is 0.988. The van der Waals surface area contributed by atoms with Gasteiger partial charge in [-0.05, 0) is 48.6 Å². The Kier molecular flexibility index (Phi) is 5.85. The number of carbonyl (C=O) groups is 1. The summed E-state index contributed by atoms with van der Waals surface area (Å²) in [5.41, 5.74) is 0.420. The molecule has 3 heterocycles. The summed E-state index contributed by atoms with van der Waals surface area (Å²) in [6.07, 6.45) is -0.222. The first-order chi connectivity index (χ1) is 15.4. The predicted molar refractivity (Wildman–Crippen MR) is 115 cm³/mol. The number of sulfone groups is 1. The number of hydrogen-bond donors (Lipinski definition) is 1. The Morgan fingerprint density at radius 1 is 1.18 bits per heavy atom. The first-order valence-corrected chi connectivity index (χ1v) is 12.2. The molecule has 1 amide bonds. The largest absolute Gasteiger partial charge is 0.465 e. The molecule has 0 saturated carbocycles. The first-order valence-electron chi connectivity index (χ1n) is 10.3. The van der Waals surface area contributed by atoms with E-state index in [1.807, 2.05) is 6.07 Å². The summed E-state index contributed by atoms with van der Waals surface area (Å²) >= 11 is 0. The number of aromatic nitrogens is 2. The zero-order chi connectivity index (χ0) is 24.0. The van der Waals surface area contributed by atoms with Gasteiger partial charge in [0.1, 0.15) is 0 Å². The molecule has 3 aromatic rings. The molecule has 0 radical (unpaired) electrons. The molecule has 176 valence electrons. The van der Waals surface area contributed by atoms with Crippen LogP contribution in [0.25, 0.3) is 10.9 Å². The molecule has 1 N–H and O–H groups in total. The lowest BCUT2D eigenvalue weighted by atomic mass is 9.90. The Bertz CT molecular complexity index is 1290. The second kappa shape index (κ2) is 8.36. The molecule has 1 fully saturated rings. The lowest BCUT2D eigenvalue weighted by Crippen LogP contribution is -2.36. The average molecular weight is 481 g/mol. The van der Waals surface area contributed by atoms with Gasteiger partial charge in [-0.25, -0.2) is 13.2 Å². The minimum absolute atomic E-state index is 0.0859. The molecular formula is C22H22F3N3O4S. The highest BCUT2D eigenvalue weighted by molar-refractivity contribution is 7.90. The maximum Gasteiger partial charge on any atom is 0.418 e. The van der Waals surface area contributed by atoms with E-state index in [1.165, 1.54) is 27.8 Å². The van der Waals surface area contributed by atoms with E-state index in [9.17, 15) is 26.4 Å². The van der Waals surface area contributed by atoms with Gasteiger partial charge in [-0.15, -0.1) is 0 Å². The van der Waals surface area contributed by atoms with Crippen molar-refractivity contribution in [3.8, 4) is 0 Å². The van der Waals surface area contributed by atoms with Crippen molar-refractivity contribution < 1.29 is 31.5 Å². The van der Waals surface area contributed by atoms with E-state index in [0.717, 1.165) is 11.8 Å². The molecule has 7 nitrogen and oxygen atoms in total. The van der Waals surface area contributed by atoms with Crippen molar-refractivity contribution in [2.24, 2.45) is 0 Å².